The van der Waals surface area contributed by atoms with Gasteiger partial charge in [-0.05, 0) is 43.0 Å². The molecule has 0 spiro atoms. The van der Waals surface area contributed by atoms with Crippen LogP contribution >= 0.6 is 0 Å². The average Bonchev–Trinajstić information content (AvgIpc) is 3.12. The lowest BCUT2D eigenvalue weighted by atomic mass is 9.98. The van der Waals surface area contributed by atoms with Gasteiger partial charge in [-0.2, -0.15) is 0 Å². The van der Waals surface area contributed by atoms with Crippen LogP contribution in [-0.2, 0) is 4.79 Å². The number of benzene rings is 1. The number of furan rings is 1. The van der Waals surface area contributed by atoms with Crippen LogP contribution in [0.4, 0.5) is 0 Å². The molecule has 0 aliphatic rings. The lowest BCUT2D eigenvalue weighted by molar-refractivity contribution is -0.134. The molecule has 124 valence electrons. The highest BCUT2D eigenvalue weighted by molar-refractivity contribution is 5.78. The third kappa shape index (κ3) is 4.15. The first-order valence-electron chi connectivity index (χ1n) is 8.05. The molecule has 4 heteroatoms. The Kier molecular flexibility index (Phi) is 5.85. The van der Waals surface area contributed by atoms with Crippen LogP contribution < -0.4 is 4.74 Å². The van der Waals surface area contributed by atoms with E-state index in [0.29, 0.717) is 5.92 Å². The van der Waals surface area contributed by atoms with Crippen molar-refractivity contribution in [3.63, 3.8) is 0 Å². The first-order chi connectivity index (χ1) is 11.0. The Labute approximate surface area is 138 Å². The number of hydrogen-bond donors (Lipinski definition) is 0. The summed E-state index contributed by atoms with van der Waals surface area (Å²) in [6.45, 7) is 6.26. The summed E-state index contributed by atoms with van der Waals surface area (Å²) in [7, 11) is 1.76. The molecule has 1 aromatic heterocycles. The summed E-state index contributed by atoms with van der Waals surface area (Å²) < 4.78 is 11.1. The van der Waals surface area contributed by atoms with E-state index in [1.165, 1.54) is 0 Å². The van der Waals surface area contributed by atoms with Crippen LogP contribution in [0.15, 0.2) is 47.1 Å². The van der Waals surface area contributed by atoms with Gasteiger partial charge in [0.15, 0.2) is 6.61 Å². The van der Waals surface area contributed by atoms with Gasteiger partial charge in [0.1, 0.15) is 11.5 Å². The maximum Gasteiger partial charge on any atom is 0.260 e. The molecule has 1 amide bonds. The molecule has 0 aliphatic carbocycles. The van der Waals surface area contributed by atoms with Crippen LogP contribution in [0.2, 0.25) is 0 Å². The number of nitrogens with zero attached hydrogens (tertiary/aromatic N) is 1. The largest absolute Gasteiger partial charge is 0.483 e. The van der Waals surface area contributed by atoms with E-state index in [4.69, 9.17) is 9.15 Å². The number of carbonyl (C=O) groups is 1. The van der Waals surface area contributed by atoms with Crippen LogP contribution in [0.3, 0.4) is 0 Å². The molecule has 4 nitrogen and oxygen atoms in total. The first kappa shape index (κ1) is 17.1. The van der Waals surface area contributed by atoms with Crippen molar-refractivity contribution >= 4 is 5.91 Å². The Morgan fingerprint density at radius 1 is 1.22 bits per heavy atom. The fraction of sp³-hybridized carbons (Fsp3) is 0.421. The number of hydrogen-bond acceptors (Lipinski definition) is 3. The highest BCUT2D eigenvalue weighted by atomic mass is 16.5. The van der Waals surface area contributed by atoms with Gasteiger partial charge in [0.2, 0.25) is 0 Å². The lowest BCUT2D eigenvalue weighted by Gasteiger charge is -2.24. The van der Waals surface area contributed by atoms with Crippen molar-refractivity contribution in [1.29, 1.82) is 0 Å². The summed E-state index contributed by atoms with van der Waals surface area (Å²) in [6, 6.07) is 11.5. The molecule has 0 fully saturated rings. The Hall–Kier alpha value is -2.23. The number of amides is 1. The highest BCUT2D eigenvalue weighted by Crippen LogP contribution is 2.28. The van der Waals surface area contributed by atoms with Crippen molar-refractivity contribution in [3.05, 3.63) is 54.0 Å². The average molecular weight is 315 g/mol. The minimum Gasteiger partial charge on any atom is -0.483 e. The van der Waals surface area contributed by atoms with Crippen LogP contribution in [0.1, 0.15) is 50.5 Å². The minimum absolute atomic E-state index is 0.0228. The minimum atomic E-state index is -0.120. The van der Waals surface area contributed by atoms with Gasteiger partial charge in [-0.25, -0.2) is 0 Å². The molecule has 23 heavy (non-hydrogen) atoms. The quantitative estimate of drug-likeness (QED) is 0.761. The van der Waals surface area contributed by atoms with Crippen molar-refractivity contribution in [2.75, 3.05) is 13.7 Å². The summed E-state index contributed by atoms with van der Waals surface area (Å²) in [5, 5.41) is 0. The number of likely N-dealkylation sites (N-methyl/N-ethyl adjacent to an activating group) is 1. The topological polar surface area (TPSA) is 42.7 Å². The second-order valence-corrected chi connectivity index (χ2v) is 5.83. The summed E-state index contributed by atoms with van der Waals surface area (Å²) in [4.78, 5) is 14.0. The zero-order valence-electron chi connectivity index (χ0n) is 14.3. The standard InChI is InChI=1S/C19H25NO3/c1-5-14(2)16-9-6-7-10-18(16)23-13-19(21)20(4)15(3)17-11-8-12-22-17/h6-12,14-15H,5,13H2,1-4H3. The molecule has 1 aromatic carbocycles. The van der Waals surface area contributed by atoms with Crippen molar-refractivity contribution in [1.82, 2.24) is 4.90 Å². The predicted octanol–water partition coefficient (Wildman–Crippen LogP) is 4.39. The molecule has 0 N–H and O–H groups in total. The van der Waals surface area contributed by atoms with Crippen LogP contribution in [-0.4, -0.2) is 24.5 Å². The molecule has 2 atom stereocenters. The number of rotatable bonds is 7. The van der Waals surface area contributed by atoms with Crippen molar-refractivity contribution in [2.45, 2.75) is 39.2 Å². The van der Waals surface area contributed by atoms with Gasteiger partial charge < -0.3 is 14.1 Å². The monoisotopic (exact) mass is 315 g/mol. The molecule has 2 aromatic rings. The predicted molar refractivity (Wildman–Crippen MR) is 90.5 cm³/mol. The molecule has 2 rings (SSSR count). The molecule has 2 unspecified atom stereocenters. The van der Waals surface area contributed by atoms with E-state index in [0.717, 1.165) is 23.5 Å². The molecule has 0 aliphatic heterocycles. The van der Waals surface area contributed by atoms with Crippen molar-refractivity contribution < 1.29 is 13.9 Å². The van der Waals surface area contributed by atoms with Gasteiger partial charge in [-0.15, -0.1) is 0 Å². The fourth-order valence-electron chi connectivity index (χ4n) is 2.42. The first-order valence-corrected chi connectivity index (χ1v) is 8.05. The van der Waals surface area contributed by atoms with E-state index in [9.17, 15) is 4.79 Å². The Morgan fingerprint density at radius 3 is 2.61 bits per heavy atom. The van der Waals surface area contributed by atoms with Crippen molar-refractivity contribution in [3.8, 4) is 5.75 Å². The molecule has 0 radical (unpaired) electrons. The molecule has 1 heterocycles. The fourth-order valence-corrected chi connectivity index (χ4v) is 2.42. The number of carbonyl (C=O) groups excluding carboxylic acids is 1. The third-order valence-corrected chi connectivity index (χ3v) is 4.34. The van der Waals surface area contributed by atoms with Gasteiger partial charge in [-0.3, -0.25) is 4.79 Å². The SMILES string of the molecule is CCC(C)c1ccccc1OCC(=O)N(C)C(C)c1ccco1. The maximum absolute atomic E-state index is 12.4. The summed E-state index contributed by atoms with van der Waals surface area (Å²) >= 11 is 0. The normalized spacial score (nSPS) is 13.4. The van der Waals surface area contributed by atoms with Crippen LogP contribution in [0.25, 0.3) is 0 Å². The smallest absolute Gasteiger partial charge is 0.260 e. The second kappa shape index (κ2) is 7.86. The maximum atomic E-state index is 12.4. The Balaban J connectivity index is 1.99. The zero-order chi connectivity index (χ0) is 16.8. The van der Waals surface area contributed by atoms with Crippen LogP contribution in [0, 0.1) is 0 Å². The van der Waals surface area contributed by atoms with E-state index >= 15 is 0 Å². The van der Waals surface area contributed by atoms with E-state index in [2.05, 4.69) is 19.9 Å². The summed E-state index contributed by atoms with van der Waals surface area (Å²) in [5.41, 5.74) is 1.14. The zero-order valence-corrected chi connectivity index (χ0v) is 14.3. The molecule has 0 saturated carbocycles. The highest BCUT2D eigenvalue weighted by Gasteiger charge is 2.20. The van der Waals surface area contributed by atoms with Gasteiger partial charge in [0.05, 0.1) is 12.3 Å². The van der Waals surface area contributed by atoms with E-state index < -0.39 is 0 Å². The lowest BCUT2D eigenvalue weighted by Crippen LogP contribution is -2.33. The number of para-hydroxylation sites is 1. The molecule has 0 bridgehead atoms. The summed E-state index contributed by atoms with van der Waals surface area (Å²) in [5.74, 6) is 1.88. The third-order valence-electron chi connectivity index (χ3n) is 4.34. The molecular weight excluding hydrogens is 290 g/mol. The Bertz CT molecular complexity index is 621. The van der Waals surface area contributed by atoms with E-state index in [1.807, 2.05) is 37.3 Å². The van der Waals surface area contributed by atoms with E-state index in [-0.39, 0.29) is 18.6 Å². The second-order valence-electron chi connectivity index (χ2n) is 5.83. The summed E-state index contributed by atoms with van der Waals surface area (Å²) in [6.07, 6.45) is 2.65. The number of ether oxygens (including phenoxy) is 1. The Morgan fingerprint density at radius 2 is 1.96 bits per heavy atom. The molecular formula is C19H25NO3. The van der Waals surface area contributed by atoms with Gasteiger partial charge >= 0.3 is 0 Å². The molecule has 0 saturated heterocycles. The van der Waals surface area contributed by atoms with Gasteiger partial charge in [-0.1, -0.05) is 32.0 Å². The van der Waals surface area contributed by atoms with Crippen molar-refractivity contribution in [2.24, 2.45) is 0 Å². The van der Waals surface area contributed by atoms with Gasteiger partial charge in [0.25, 0.3) is 5.91 Å². The van der Waals surface area contributed by atoms with Crippen LogP contribution in [0.5, 0.6) is 5.75 Å². The van der Waals surface area contributed by atoms with Gasteiger partial charge in [0, 0.05) is 7.05 Å². The van der Waals surface area contributed by atoms with E-state index in [1.54, 1.807) is 18.2 Å².